The normalized spacial score (nSPS) is 10.3. The first-order valence-electron chi connectivity index (χ1n) is 4.80. The van der Waals surface area contributed by atoms with Gasteiger partial charge in [-0.3, -0.25) is 4.98 Å². The summed E-state index contributed by atoms with van der Waals surface area (Å²) in [6.07, 6.45) is 2.77. The third-order valence-corrected chi connectivity index (χ3v) is 3.18. The van der Waals surface area contributed by atoms with Crippen LogP contribution >= 0.6 is 27.5 Å². The first-order valence-corrected chi connectivity index (χ1v) is 5.97. The highest BCUT2D eigenvalue weighted by Gasteiger charge is 2.01. The van der Waals surface area contributed by atoms with Gasteiger partial charge in [0, 0.05) is 12.7 Å². The van der Waals surface area contributed by atoms with Gasteiger partial charge in [-0.2, -0.15) is 0 Å². The highest BCUT2D eigenvalue weighted by molar-refractivity contribution is 9.10. The third kappa shape index (κ3) is 3.38. The maximum atomic E-state index is 12.9. The van der Waals surface area contributed by atoms with Crippen LogP contribution in [0.1, 0.15) is 5.56 Å². The van der Waals surface area contributed by atoms with E-state index in [1.165, 1.54) is 12.3 Å². The van der Waals surface area contributed by atoms with Gasteiger partial charge in [-0.1, -0.05) is 11.6 Å². The van der Waals surface area contributed by atoms with Gasteiger partial charge >= 0.3 is 0 Å². The zero-order valence-corrected chi connectivity index (χ0v) is 11.0. The second-order valence-corrected chi connectivity index (χ2v) is 4.49. The van der Waals surface area contributed by atoms with Crippen LogP contribution in [0.4, 0.5) is 10.2 Å². The number of anilines is 1. The molecule has 2 aromatic rings. The van der Waals surface area contributed by atoms with Crippen molar-refractivity contribution in [3.8, 4) is 0 Å². The summed E-state index contributed by atoms with van der Waals surface area (Å²) in [5, 5.41) is 3.59. The fourth-order valence-electron chi connectivity index (χ4n) is 1.26. The van der Waals surface area contributed by atoms with Gasteiger partial charge in [-0.05, 0) is 39.7 Å². The van der Waals surface area contributed by atoms with Crippen molar-refractivity contribution >= 4 is 33.3 Å². The quantitative estimate of drug-likeness (QED) is 0.879. The monoisotopic (exact) mass is 315 g/mol. The van der Waals surface area contributed by atoms with E-state index in [9.17, 15) is 4.39 Å². The van der Waals surface area contributed by atoms with Crippen LogP contribution in [0.25, 0.3) is 0 Å². The summed E-state index contributed by atoms with van der Waals surface area (Å²) >= 11 is 9.05. The molecule has 0 spiro atoms. The van der Waals surface area contributed by atoms with Crippen molar-refractivity contribution < 1.29 is 4.39 Å². The molecule has 0 atom stereocenters. The molecule has 0 amide bonds. The van der Waals surface area contributed by atoms with Gasteiger partial charge in [0.05, 0.1) is 11.2 Å². The Morgan fingerprint density at radius 2 is 2.18 bits per heavy atom. The lowest BCUT2D eigenvalue weighted by molar-refractivity contribution is 0.619. The van der Waals surface area contributed by atoms with E-state index in [0.717, 1.165) is 5.56 Å². The van der Waals surface area contributed by atoms with Gasteiger partial charge in [0.2, 0.25) is 0 Å². The van der Waals surface area contributed by atoms with Crippen molar-refractivity contribution in [1.82, 2.24) is 9.97 Å². The molecule has 0 bridgehead atoms. The fourth-order valence-corrected chi connectivity index (χ4v) is 1.69. The van der Waals surface area contributed by atoms with Crippen LogP contribution in [0.15, 0.2) is 35.2 Å². The number of hydrogen-bond acceptors (Lipinski definition) is 3. The molecule has 0 radical (unpaired) electrons. The van der Waals surface area contributed by atoms with Crippen molar-refractivity contribution in [2.24, 2.45) is 0 Å². The molecular formula is C11H8BrClFN3. The van der Waals surface area contributed by atoms with Crippen LogP contribution in [-0.2, 0) is 6.54 Å². The number of aromatic nitrogens is 2. The topological polar surface area (TPSA) is 37.8 Å². The Labute approximate surface area is 111 Å². The predicted octanol–water partition coefficient (Wildman–Crippen LogP) is 3.64. The SMILES string of the molecule is Fc1cncc(CNc2ccc(Cl)c(Br)n2)c1. The summed E-state index contributed by atoms with van der Waals surface area (Å²) in [5.74, 6) is 0.306. The van der Waals surface area contributed by atoms with Gasteiger partial charge in [-0.15, -0.1) is 0 Å². The Balaban J connectivity index is 2.05. The molecule has 88 valence electrons. The Morgan fingerprint density at radius 1 is 1.35 bits per heavy atom. The summed E-state index contributed by atoms with van der Waals surface area (Å²) < 4.78 is 13.5. The van der Waals surface area contributed by atoms with E-state index >= 15 is 0 Å². The van der Waals surface area contributed by atoms with Gasteiger partial charge in [0.15, 0.2) is 0 Å². The van der Waals surface area contributed by atoms with Crippen molar-refractivity contribution in [2.75, 3.05) is 5.32 Å². The van der Waals surface area contributed by atoms with E-state index in [1.54, 1.807) is 18.3 Å². The van der Waals surface area contributed by atoms with E-state index < -0.39 is 0 Å². The number of nitrogens with zero attached hydrogens (tertiary/aromatic N) is 2. The highest BCUT2D eigenvalue weighted by atomic mass is 79.9. The number of rotatable bonds is 3. The molecule has 2 heterocycles. The maximum Gasteiger partial charge on any atom is 0.141 e. The summed E-state index contributed by atoms with van der Waals surface area (Å²) in [5.41, 5.74) is 0.748. The van der Waals surface area contributed by atoms with Crippen LogP contribution in [0, 0.1) is 5.82 Å². The Kier molecular flexibility index (Phi) is 3.91. The molecule has 0 saturated carbocycles. The minimum Gasteiger partial charge on any atom is -0.366 e. The van der Waals surface area contributed by atoms with Gasteiger partial charge < -0.3 is 5.32 Å². The van der Waals surface area contributed by atoms with Crippen molar-refractivity contribution in [1.29, 1.82) is 0 Å². The molecule has 0 fully saturated rings. The minimum absolute atomic E-state index is 0.352. The Morgan fingerprint density at radius 3 is 2.88 bits per heavy atom. The smallest absolute Gasteiger partial charge is 0.141 e. The van der Waals surface area contributed by atoms with E-state index in [2.05, 4.69) is 31.2 Å². The van der Waals surface area contributed by atoms with E-state index in [1.807, 2.05) is 0 Å². The third-order valence-electron chi connectivity index (χ3n) is 2.04. The molecule has 6 heteroatoms. The molecule has 2 aromatic heterocycles. The van der Waals surface area contributed by atoms with Gasteiger partial charge in [-0.25, -0.2) is 9.37 Å². The highest BCUT2D eigenvalue weighted by Crippen LogP contribution is 2.21. The lowest BCUT2D eigenvalue weighted by Gasteiger charge is -2.06. The zero-order chi connectivity index (χ0) is 12.3. The molecule has 17 heavy (non-hydrogen) atoms. The molecule has 0 aromatic carbocycles. The molecule has 0 aliphatic carbocycles. The summed E-state index contributed by atoms with van der Waals surface area (Å²) in [7, 11) is 0. The average molecular weight is 317 g/mol. The standard InChI is InChI=1S/C11H8BrClFN3/c12-11-9(13)1-2-10(17-11)16-5-7-3-8(14)6-15-4-7/h1-4,6H,5H2,(H,16,17). The van der Waals surface area contributed by atoms with E-state index in [0.29, 0.717) is 22.0 Å². The molecule has 0 aliphatic heterocycles. The lowest BCUT2D eigenvalue weighted by Crippen LogP contribution is -2.02. The van der Waals surface area contributed by atoms with Crippen LogP contribution in [0.3, 0.4) is 0 Å². The van der Waals surface area contributed by atoms with Gasteiger partial charge in [0.1, 0.15) is 16.2 Å². The molecule has 3 nitrogen and oxygen atoms in total. The minimum atomic E-state index is -0.352. The largest absolute Gasteiger partial charge is 0.366 e. The number of pyridine rings is 2. The average Bonchev–Trinajstić information content (AvgIpc) is 2.31. The summed E-state index contributed by atoms with van der Waals surface area (Å²) in [6, 6.07) is 4.90. The summed E-state index contributed by atoms with van der Waals surface area (Å²) in [6.45, 7) is 0.450. The predicted molar refractivity (Wildman–Crippen MR) is 68.5 cm³/mol. The van der Waals surface area contributed by atoms with E-state index in [-0.39, 0.29) is 5.82 Å². The lowest BCUT2D eigenvalue weighted by atomic mass is 10.3. The second-order valence-electron chi connectivity index (χ2n) is 3.33. The van der Waals surface area contributed by atoms with Crippen molar-refractivity contribution in [3.63, 3.8) is 0 Å². The second kappa shape index (κ2) is 5.42. The van der Waals surface area contributed by atoms with Crippen molar-refractivity contribution in [3.05, 3.63) is 51.6 Å². The molecule has 0 saturated heterocycles. The number of nitrogens with one attached hydrogen (secondary N) is 1. The van der Waals surface area contributed by atoms with Crippen LogP contribution < -0.4 is 5.32 Å². The Bertz CT molecular complexity index is 536. The molecule has 0 aliphatic rings. The zero-order valence-electron chi connectivity index (χ0n) is 8.62. The molecule has 2 rings (SSSR count). The Hall–Kier alpha value is -1.20. The van der Waals surface area contributed by atoms with E-state index in [4.69, 9.17) is 11.6 Å². The fraction of sp³-hybridized carbons (Fsp3) is 0.0909. The maximum absolute atomic E-state index is 12.9. The molecule has 0 unspecified atom stereocenters. The number of halogens is 3. The molecular weight excluding hydrogens is 308 g/mol. The van der Waals surface area contributed by atoms with Crippen molar-refractivity contribution in [2.45, 2.75) is 6.54 Å². The van der Waals surface area contributed by atoms with Crippen LogP contribution in [0.2, 0.25) is 5.02 Å². The molecule has 1 N–H and O–H groups in total. The summed E-state index contributed by atoms with van der Waals surface area (Å²) in [4.78, 5) is 7.93. The first-order chi connectivity index (χ1) is 8.15. The van der Waals surface area contributed by atoms with Gasteiger partial charge in [0.25, 0.3) is 0 Å². The first kappa shape index (κ1) is 12.3. The van der Waals surface area contributed by atoms with Crippen LogP contribution in [0.5, 0.6) is 0 Å². The number of hydrogen-bond donors (Lipinski definition) is 1. The van der Waals surface area contributed by atoms with Crippen LogP contribution in [-0.4, -0.2) is 9.97 Å².